The summed E-state index contributed by atoms with van der Waals surface area (Å²) in [4.78, 5) is 24.9. The third kappa shape index (κ3) is 4.81. The van der Waals surface area contributed by atoms with Crippen LogP contribution in [0.3, 0.4) is 0 Å². The number of carboxylic acid groups (broad SMARTS) is 1. The molecule has 0 aliphatic heterocycles. The second-order valence-electron chi connectivity index (χ2n) is 8.97. The molecule has 1 saturated carbocycles. The van der Waals surface area contributed by atoms with Crippen molar-refractivity contribution in [1.82, 2.24) is 4.37 Å². The van der Waals surface area contributed by atoms with E-state index in [0.717, 1.165) is 38.0 Å². The minimum Gasteiger partial charge on any atom is -0.480 e. The van der Waals surface area contributed by atoms with E-state index in [0.29, 0.717) is 18.5 Å². The van der Waals surface area contributed by atoms with Crippen LogP contribution in [0, 0.1) is 24.2 Å². The van der Waals surface area contributed by atoms with E-state index in [1.807, 2.05) is 80.6 Å². The van der Waals surface area contributed by atoms with Gasteiger partial charge in [-0.25, -0.2) is 4.79 Å². The first-order chi connectivity index (χ1) is 17.3. The SMILES string of the molecule is Cc1nsc(-c2ccc3cc(C#CC4(C(=O)O)CC4)ccc3c2)c1NC(=O)OC(C)c1ccccc1. The van der Waals surface area contributed by atoms with Gasteiger partial charge in [-0.2, -0.15) is 4.37 Å². The van der Waals surface area contributed by atoms with Gasteiger partial charge < -0.3 is 9.84 Å². The molecule has 4 aromatic rings. The summed E-state index contributed by atoms with van der Waals surface area (Å²) in [5.41, 5.74) is 3.12. The molecule has 1 aliphatic carbocycles. The molecule has 1 heterocycles. The Kier molecular flexibility index (Phi) is 6.21. The summed E-state index contributed by atoms with van der Waals surface area (Å²) in [7, 11) is 0. The van der Waals surface area contributed by atoms with Crippen molar-refractivity contribution in [3.8, 4) is 22.3 Å². The largest absolute Gasteiger partial charge is 0.480 e. The average Bonchev–Trinajstić information content (AvgIpc) is 3.60. The zero-order valence-electron chi connectivity index (χ0n) is 19.9. The second kappa shape index (κ2) is 9.48. The Labute approximate surface area is 213 Å². The number of carbonyl (C=O) groups is 2. The fourth-order valence-electron chi connectivity index (χ4n) is 3.97. The van der Waals surface area contributed by atoms with Crippen molar-refractivity contribution in [2.75, 3.05) is 5.32 Å². The van der Waals surface area contributed by atoms with Gasteiger partial charge in [0.1, 0.15) is 11.5 Å². The molecular formula is C29H24N2O4S. The van der Waals surface area contributed by atoms with Gasteiger partial charge in [-0.3, -0.25) is 10.1 Å². The van der Waals surface area contributed by atoms with Crippen LogP contribution in [0.15, 0.2) is 66.7 Å². The monoisotopic (exact) mass is 496 g/mol. The van der Waals surface area contributed by atoms with Crippen molar-refractivity contribution in [2.45, 2.75) is 32.8 Å². The van der Waals surface area contributed by atoms with E-state index in [1.165, 1.54) is 11.5 Å². The van der Waals surface area contributed by atoms with Crippen LogP contribution in [-0.2, 0) is 9.53 Å². The van der Waals surface area contributed by atoms with Crippen molar-refractivity contribution in [3.63, 3.8) is 0 Å². The van der Waals surface area contributed by atoms with E-state index in [1.54, 1.807) is 0 Å². The maximum Gasteiger partial charge on any atom is 0.412 e. The molecule has 1 aliphatic rings. The van der Waals surface area contributed by atoms with Crippen molar-refractivity contribution >= 4 is 40.1 Å². The third-order valence-corrected chi connectivity index (χ3v) is 7.34. The van der Waals surface area contributed by atoms with Crippen LogP contribution in [0.5, 0.6) is 0 Å². The number of fused-ring (bicyclic) bond motifs is 1. The van der Waals surface area contributed by atoms with Gasteiger partial charge in [0, 0.05) is 5.56 Å². The number of carbonyl (C=O) groups excluding carboxylic acids is 1. The van der Waals surface area contributed by atoms with Crippen LogP contribution < -0.4 is 5.32 Å². The number of rotatable bonds is 5. The highest BCUT2D eigenvalue weighted by Gasteiger charge is 2.49. The van der Waals surface area contributed by atoms with Gasteiger partial charge in [-0.05, 0) is 78.3 Å². The summed E-state index contributed by atoms with van der Waals surface area (Å²) in [6.45, 7) is 3.69. The Morgan fingerprint density at radius 2 is 1.81 bits per heavy atom. The number of nitrogens with one attached hydrogen (secondary N) is 1. The van der Waals surface area contributed by atoms with Gasteiger partial charge in [-0.1, -0.05) is 60.4 Å². The minimum atomic E-state index is -0.869. The highest BCUT2D eigenvalue weighted by molar-refractivity contribution is 7.10. The molecule has 1 amide bonds. The summed E-state index contributed by atoms with van der Waals surface area (Å²) in [5, 5.41) is 14.2. The van der Waals surface area contributed by atoms with Crippen molar-refractivity contribution in [3.05, 3.63) is 83.6 Å². The van der Waals surface area contributed by atoms with E-state index >= 15 is 0 Å². The van der Waals surface area contributed by atoms with Crippen molar-refractivity contribution in [2.24, 2.45) is 5.41 Å². The molecule has 0 radical (unpaired) electrons. The van der Waals surface area contributed by atoms with Gasteiger partial charge in [-0.15, -0.1) is 0 Å². The lowest BCUT2D eigenvalue weighted by atomic mass is 10.0. The Morgan fingerprint density at radius 3 is 2.53 bits per heavy atom. The molecule has 1 fully saturated rings. The average molecular weight is 497 g/mol. The predicted molar refractivity (Wildman–Crippen MR) is 141 cm³/mol. The summed E-state index contributed by atoms with van der Waals surface area (Å²) < 4.78 is 10.0. The fraction of sp³-hybridized carbons (Fsp3) is 0.207. The maximum absolute atomic E-state index is 12.7. The van der Waals surface area contributed by atoms with Gasteiger partial charge in [0.15, 0.2) is 0 Å². The van der Waals surface area contributed by atoms with E-state index in [2.05, 4.69) is 21.5 Å². The predicted octanol–water partition coefficient (Wildman–Crippen LogP) is 6.80. The van der Waals surface area contributed by atoms with Crippen LogP contribution in [0.2, 0.25) is 0 Å². The van der Waals surface area contributed by atoms with Gasteiger partial charge >= 0.3 is 12.1 Å². The third-order valence-electron chi connectivity index (χ3n) is 6.35. The standard InChI is InChI=1S/C29H24N2O4S/c1-18-25(30-28(34)35-19(2)21-6-4-3-5-7-21)26(36-31-18)24-11-10-22-16-20(8-9-23(22)17-24)12-13-29(14-15-29)27(32)33/h3-11,16-17,19H,14-15H2,1-2H3,(H,30,34)(H,32,33). The highest BCUT2D eigenvalue weighted by Crippen LogP contribution is 2.45. The van der Waals surface area contributed by atoms with Crippen LogP contribution in [-0.4, -0.2) is 21.5 Å². The molecule has 2 N–H and O–H groups in total. The lowest BCUT2D eigenvalue weighted by Crippen LogP contribution is -2.16. The first kappa shape index (κ1) is 23.6. The molecule has 180 valence electrons. The number of aliphatic carboxylic acids is 1. The van der Waals surface area contributed by atoms with E-state index < -0.39 is 17.5 Å². The van der Waals surface area contributed by atoms with E-state index in [-0.39, 0.29) is 6.10 Å². The number of ether oxygens (including phenoxy) is 1. The molecule has 0 spiro atoms. The van der Waals surface area contributed by atoms with Crippen molar-refractivity contribution < 1.29 is 19.4 Å². The second-order valence-corrected chi connectivity index (χ2v) is 9.74. The Morgan fingerprint density at radius 1 is 1.08 bits per heavy atom. The first-order valence-electron chi connectivity index (χ1n) is 11.6. The summed E-state index contributed by atoms with van der Waals surface area (Å²) in [6, 6.07) is 21.4. The van der Waals surface area contributed by atoms with Crippen molar-refractivity contribution in [1.29, 1.82) is 0 Å². The fourth-order valence-corrected chi connectivity index (χ4v) is 4.81. The van der Waals surface area contributed by atoms with E-state index in [4.69, 9.17) is 4.74 Å². The Balaban J connectivity index is 1.35. The number of hydrogen-bond acceptors (Lipinski definition) is 5. The molecule has 0 saturated heterocycles. The normalized spacial score (nSPS) is 14.4. The number of aromatic nitrogens is 1. The number of aryl methyl sites for hydroxylation is 1. The number of anilines is 1. The number of carboxylic acids is 1. The molecule has 6 nitrogen and oxygen atoms in total. The van der Waals surface area contributed by atoms with Gasteiger partial charge in [0.2, 0.25) is 0 Å². The zero-order valence-corrected chi connectivity index (χ0v) is 20.7. The number of benzene rings is 3. The minimum absolute atomic E-state index is 0.384. The molecule has 1 aromatic heterocycles. The smallest absolute Gasteiger partial charge is 0.412 e. The molecule has 1 unspecified atom stereocenters. The molecule has 1 atom stereocenters. The van der Waals surface area contributed by atoms with Gasteiger partial charge in [0.05, 0.1) is 16.3 Å². The molecular weight excluding hydrogens is 472 g/mol. The Bertz CT molecular complexity index is 1530. The van der Waals surface area contributed by atoms with Crippen LogP contribution >= 0.6 is 11.5 Å². The lowest BCUT2D eigenvalue weighted by molar-refractivity contribution is -0.141. The topological polar surface area (TPSA) is 88.5 Å². The zero-order chi connectivity index (χ0) is 25.3. The highest BCUT2D eigenvalue weighted by atomic mass is 32.1. The quantitative estimate of drug-likeness (QED) is 0.297. The van der Waals surface area contributed by atoms with Gasteiger partial charge in [0.25, 0.3) is 0 Å². The molecule has 3 aromatic carbocycles. The van der Waals surface area contributed by atoms with E-state index in [9.17, 15) is 14.7 Å². The molecule has 5 rings (SSSR count). The van der Waals surface area contributed by atoms with Crippen LogP contribution in [0.4, 0.5) is 10.5 Å². The van der Waals surface area contributed by atoms with Crippen LogP contribution in [0.25, 0.3) is 21.2 Å². The number of amides is 1. The molecule has 0 bridgehead atoms. The maximum atomic E-state index is 12.7. The lowest BCUT2D eigenvalue weighted by Gasteiger charge is -2.15. The molecule has 36 heavy (non-hydrogen) atoms. The number of hydrogen-bond donors (Lipinski definition) is 2. The number of nitrogens with zero attached hydrogens (tertiary/aromatic N) is 1. The summed E-state index contributed by atoms with van der Waals surface area (Å²) >= 11 is 1.32. The first-order valence-corrected chi connectivity index (χ1v) is 12.4. The molecule has 7 heteroatoms. The van der Waals surface area contributed by atoms with Crippen LogP contribution in [0.1, 0.15) is 42.7 Å². The Hall–Kier alpha value is -4.15. The summed E-state index contributed by atoms with van der Waals surface area (Å²) in [6.07, 6.45) is 0.296. The summed E-state index contributed by atoms with van der Waals surface area (Å²) in [5.74, 6) is 5.12.